The van der Waals surface area contributed by atoms with Crippen LogP contribution in [0.1, 0.15) is 63.9 Å². The lowest BCUT2D eigenvalue weighted by molar-refractivity contribution is 0.0256. The number of allylic oxidation sites excluding steroid dienone is 6. The Morgan fingerprint density at radius 3 is 2.07 bits per heavy atom. The number of hydrogen-bond donors (Lipinski definition) is 2. The minimum atomic E-state index is -2.77. The van der Waals surface area contributed by atoms with Gasteiger partial charge in [-0.15, -0.1) is 0 Å². The van der Waals surface area contributed by atoms with Crippen molar-refractivity contribution >= 4 is 11.5 Å². The Hall–Kier alpha value is -2.57. The molecule has 28 heavy (non-hydrogen) atoms. The number of halogens is 4. The second kappa shape index (κ2) is 13.6. The summed E-state index contributed by atoms with van der Waals surface area (Å²) in [7, 11) is 0. The fourth-order valence-corrected chi connectivity index (χ4v) is 1.71. The van der Waals surface area contributed by atoms with Gasteiger partial charge in [0, 0.05) is 12.5 Å². The highest BCUT2D eigenvalue weighted by Gasteiger charge is 2.19. The van der Waals surface area contributed by atoms with Crippen molar-refractivity contribution in [3.05, 3.63) is 59.2 Å². The first-order valence-corrected chi connectivity index (χ1v) is 8.70. The third-order valence-electron chi connectivity index (χ3n) is 3.10. The molecule has 3 N–H and O–H groups in total. The molecule has 1 amide bonds. The highest BCUT2D eigenvalue weighted by molar-refractivity contribution is 5.96. The fraction of sp³-hybridized carbons (Fsp3) is 0.381. The molecule has 0 spiro atoms. The molecular weight excluding hydrogens is 374 g/mol. The Kier molecular flexibility index (Phi) is 13.4. The third-order valence-corrected chi connectivity index (χ3v) is 3.10. The molecule has 1 rings (SSSR count). The molecule has 0 aliphatic heterocycles. The average molecular weight is 403 g/mol. The lowest BCUT2D eigenvalue weighted by Crippen LogP contribution is -2.11. The third kappa shape index (κ3) is 12.7. The number of rotatable bonds is 5. The Morgan fingerprint density at radius 1 is 1.21 bits per heavy atom. The van der Waals surface area contributed by atoms with Crippen molar-refractivity contribution in [2.45, 2.75) is 53.9 Å². The first kappa shape index (κ1) is 27.6. The van der Waals surface area contributed by atoms with E-state index in [1.165, 1.54) is 38.1 Å². The molecule has 0 fully saturated rings. The van der Waals surface area contributed by atoms with E-state index in [1.807, 2.05) is 13.8 Å². The number of phenols is 1. The van der Waals surface area contributed by atoms with E-state index >= 15 is 0 Å². The molecule has 7 heteroatoms. The van der Waals surface area contributed by atoms with Gasteiger partial charge in [-0.2, -0.15) is 0 Å². The number of alkyl halides is 2. The lowest BCUT2D eigenvalue weighted by atomic mass is 10.0. The van der Waals surface area contributed by atoms with Crippen molar-refractivity contribution in [2.75, 3.05) is 0 Å². The summed E-state index contributed by atoms with van der Waals surface area (Å²) in [5, 5.41) is 9.56. The van der Waals surface area contributed by atoms with E-state index in [0.717, 1.165) is 13.0 Å². The Morgan fingerprint density at radius 2 is 1.75 bits per heavy atom. The van der Waals surface area contributed by atoms with E-state index in [2.05, 4.69) is 0 Å². The van der Waals surface area contributed by atoms with Crippen LogP contribution in [0.2, 0.25) is 0 Å². The summed E-state index contributed by atoms with van der Waals surface area (Å²) in [4.78, 5) is 10.9. The molecule has 158 valence electrons. The topological polar surface area (TPSA) is 63.3 Å². The molecule has 0 heterocycles. The fourth-order valence-electron chi connectivity index (χ4n) is 1.71. The van der Waals surface area contributed by atoms with Crippen molar-refractivity contribution in [2.24, 2.45) is 5.73 Å². The molecule has 0 saturated carbocycles. The Balaban J connectivity index is 0. The number of hydrogen-bond acceptors (Lipinski definition) is 2. The molecule has 0 bridgehead atoms. The van der Waals surface area contributed by atoms with Crippen LogP contribution < -0.4 is 5.73 Å². The van der Waals surface area contributed by atoms with E-state index in [9.17, 15) is 27.5 Å². The minimum Gasteiger partial charge on any atom is -0.507 e. The molecule has 3 nitrogen and oxygen atoms in total. The first-order chi connectivity index (χ1) is 12.9. The van der Waals surface area contributed by atoms with Crippen LogP contribution in [0.15, 0.2) is 48.1 Å². The standard InChI is InChI=1S/C13H15F2NO2.C6H8F2.C2H6/c1-8(5-6-13(2,14)15)9-3-4-10(12(16)18)11(17)7-9;1-3-6(8)4-5(2)7;1-2/h3-5,7,17H,6H2,1-2H3,(H2,16,18);3-4H,1-2H3;1-2H3/b8-5+;5-4+,6-3+;. The van der Waals surface area contributed by atoms with E-state index < -0.39 is 23.5 Å². The Bertz CT molecular complexity index is 714. The van der Waals surface area contributed by atoms with Gasteiger partial charge < -0.3 is 10.8 Å². The molecule has 0 radical (unpaired) electrons. The summed E-state index contributed by atoms with van der Waals surface area (Å²) in [5.41, 5.74) is 6.22. The van der Waals surface area contributed by atoms with Crippen LogP contribution in [0, 0.1) is 0 Å². The summed E-state index contributed by atoms with van der Waals surface area (Å²) in [6.07, 6.45) is 3.04. The van der Waals surface area contributed by atoms with Crippen molar-refractivity contribution in [3.8, 4) is 5.75 Å². The average Bonchev–Trinajstić information content (AvgIpc) is 2.60. The van der Waals surface area contributed by atoms with Gasteiger partial charge in [-0.25, -0.2) is 17.6 Å². The van der Waals surface area contributed by atoms with Gasteiger partial charge in [-0.3, -0.25) is 4.79 Å². The summed E-state index contributed by atoms with van der Waals surface area (Å²) in [6, 6.07) is 4.26. The number of nitrogens with two attached hydrogens (primary N) is 1. The molecule has 0 aromatic heterocycles. The molecule has 0 unspecified atom stereocenters. The van der Waals surface area contributed by atoms with Crippen molar-refractivity contribution in [1.29, 1.82) is 0 Å². The zero-order valence-electron chi connectivity index (χ0n) is 17.1. The van der Waals surface area contributed by atoms with E-state index in [0.29, 0.717) is 11.1 Å². The Labute approximate surface area is 164 Å². The van der Waals surface area contributed by atoms with Crippen molar-refractivity contribution in [1.82, 2.24) is 0 Å². The zero-order chi connectivity index (χ0) is 22.5. The SMILES string of the molecule is C/C(=C\CC(C)(F)F)c1ccc(C(N)=O)c(O)c1.C/C=C(F)\C=C(/C)F.CC. The highest BCUT2D eigenvalue weighted by atomic mass is 19.3. The quantitative estimate of drug-likeness (QED) is 0.424. The largest absolute Gasteiger partial charge is 0.507 e. The van der Waals surface area contributed by atoms with Crippen LogP contribution in [0.4, 0.5) is 17.6 Å². The van der Waals surface area contributed by atoms with Crippen LogP contribution in [-0.4, -0.2) is 16.9 Å². The number of amides is 1. The number of carbonyl (C=O) groups excluding carboxylic acids is 1. The molecule has 1 aromatic carbocycles. The maximum atomic E-state index is 12.7. The second-order valence-electron chi connectivity index (χ2n) is 5.66. The van der Waals surface area contributed by atoms with Gasteiger partial charge in [0.25, 0.3) is 5.91 Å². The number of carbonyl (C=O) groups is 1. The maximum Gasteiger partial charge on any atom is 0.252 e. The molecular formula is C21H29F4NO2. The zero-order valence-corrected chi connectivity index (χ0v) is 17.1. The lowest BCUT2D eigenvalue weighted by Gasteiger charge is -2.09. The predicted octanol–water partition coefficient (Wildman–Crippen LogP) is 6.70. The van der Waals surface area contributed by atoms with Gasteiger partial charge in [0.1, 0.15) is 11.6 Å². The molecule has 0 atom stereocenters. The van der Waals surface area contributed by atoms with Gasteiger partial charge in [0.05, 0.1) is 11.4 Å². The minimum absolute atomic E-state index is 0.00683. The monoisotopic (exact) mass is 403 g/mol. The molecule has 0 aliphatic rings. The summed E-state index contributed by atoms with van der Waals surface area (Å²) >= 11 is 0. The van der Waals surface area contributed by atoms with Gasteiger partial charge >= 0.3 is 0 Å². The number of aromatic hydroxyl groups is 1. The number of benzene rings is 1. The molecule has 0 aliphatic carbocycles. The summed E-state index contributed by atoms with van der Waals surface area (Å²) < 4.78 is 49.0. The number of primary amides is 1. The van der Waals surface area contributed by atoms with Crippen LogP contribution in [0.3, 0.4) is 0 Å². The van der Waals surface area contributed by atoms with Gasteiger partial charge in [-0.1, -0.05) is 32.1 Å². The van der Waals surface area contributed by atoms with Crippen LogP contribution >= 0.6 is 0 Å². The summed E-state index contributed by atoms with van der Waals surface area (Å²) in [6.45, 7) is 9.20. The van der Waals surface area contributed by atoms with E-state index in [4.69, 9.17) is 5.73 Å². The predicted molar refractivity (Wildman–Crippen MR) is 107 cm³/mol. The van der Waals surface area contributed by atoms with E-state index in [-0.39, 0.29) is 17.7 Å². The van der Waals surface area contributed by atoms with Crippen LogP contribution in [-0.2, 0) is 0 Å². The molecule has 1 aromatic rings. The van der Waals surface area contributed by atoms with Gasteiger partial charge in [-0.05, 0) is 51.0 Å². The van der Waals surface area contributed by atoms with Crippen molar-refractivity contribution in [3.63, 3.8) is 0 Å². The van der Waals surface area contributed by atoms with Crippen molar-refractivity contribution < 1.29 is 27.5 Å². The summed E-state index contributed by atoms with van der Waals surface area (Å²) in [5.74, 6) is -4.81. The highest BCUT2D eigenvalue weighted by Crippen LogP contribution is 2.25. The second-order valence-corrected chi connectivity index (χ2v) is 5.66. The van der Waals surface area contributed by atoms with E-state index in [1.54, 1.807) is 13.0 Å². The van der Waals surface area contributed by atoms with Crippen LogP contribution in [0.25, 0.3) is 5.57 Å². The molecule has 0 saturated heterocycles. The van der Waals surface area contributed by atoms with Gasteiger partial charge in [0.15, 0.2) is 0 Å². The smallest absolute Gasteiger partial charge is 0.252 e. The maximum absolute atomic E-state index is 12.7. The van der Waals surface area contributed by atoms with Gasteiger partial charge in [0.2, 0.25) is 5.92 Å². The van der Waals surface area contributed by atoms with Crippen LogP contribution in [0.5, 0.6) is 5.75 Å². The normalized spacial score (nSPS) is 12.4. The first-order valence-electron chi connectivity index (χ1n) is 8.70.